The molecule has 134 valence electrons. The third-order valence-electron chi connectivity index (χ3n) is 3.58. The fraction of sp³-hybridized carbons (Fsp3) is 0.714. The quantitative estimate of drug-likeness (QED) is 0.446. The Balaban J connectivity index is 1.78. The van der Waals surface area contributed by atoms with E-state index in [2.05, 4.69) is 0 Å². The van der Waals surface area contributed by atoms with Gasteiger partial charge in [0.25, 0.3) is 0 Å². The Kier molecular flexibility index (Phi) is 6.97. The normalized spacial score (nSPS) is 28.2. The maximum Gasteiger partial charge on any atom is 0.306 e. The third-order valence-corrected chi connectivity index (χ3v) is 3.96. The third kappa shape index (κ3) is 5.41. The lowest BCUT2D eigenvalue weighted by Crippen LogP contribution is -2.36. The molecule has 0 aromatic heterocycles. The van der Waals surface area contributed by atoms with Crippen molar-refractivity contribution in [3.63, 3.8) is 0 Å². The number of halogens is 2. The molecule has 0 aromatic carbocycles. The largest absolute Gasteiger partial charge is 0.457 e. The van der Waals surface area contributed by atoms with E-state index in [0.717, 1.165) is 0 Å². The van der Waals surface area contributed by atoms with Crippen LogP contribution in [-0.4, -0.2) is 60.1 Å². The van der Waals surface area contributed by atoms with Crippen molar-refractivity contribution in [2.75, 3.05) is 13.2 Å². The zero-order chi connectivity index (χ0) is 17.7. The number of fused-ring (bicyclic) bond motifs is 1. The molecule has 2 rings (SSSR count). The monoisotopic (exact) mass is 382 g/mol. The van der Waals surface area contributed by atoms with Gasteiger partial charge in [0.1, 0.15) is 12.2 Å². The summed E-state index contributed by atoms with van der Waals surface area (Å²) in [6.45, 7) is 0.203. The van der Waals surface area contributed by atoms with Crippen LogP contribution in [-0.2, 0) is 38.1 Å². The average Bonchev–Trinajstić information content (AvgIpc) is 3.07. The van der Waals surface area contributed by atoms with Crippen molar-refractivity contribution >= 4 is 45.6 Å². The number of rotatable bonds is 8. The number of carbonyl (C=O) groups is 4. The lowest BCUT2D eigenvalue weighted by atomic mass is 10.1. The summed E-state index contributed by atoms with van der Waals surface area (Å²) in [6, 6.07) is 0. The molecule has 2 aliphatic rings. The van der Waals surface area contributed by atoms with Crippen LogP contribution in [0.2, 0.25) is 0 Å². The van der Waals surface area contributed by atoms with Crippen LogP contribution in [0.25, 0.3) is 0 Å². The molecule has 2 heterocycles. The van der Waals surface area contributed by atoms with E-state index in [4.69, 9.17) is 42.1 Å². The summed E-state index contributed by atoms with van der Waals surface area (Å²) in [4.78, 5) is 44.5. The second-order valence-electron chi connectivity index (χ2n) is 5.36. The minimum absolute atomic E-state index is 0.101. The van der Waals surface area contributed by atoms with E-state index >= 15 is 0 Å². The van der Waals surface area contributed by atoms with Crippen molar-refractivity contribution in [2.24, 2.45) is 0 Å². The second kappa shape index (κ2) is 8.75. The van der Waals surface area contributed by atoms with Crippen LogP contribution in [0.3, 0.4) is 0 Å². The summed E-state index contributed by atoms with van der Waals surface area (Å²) in [5, 5.41) is -1.24. The first-order valence-corrected chi connectivity index (χ1v) is 8.11. The van der Waals surface area contributed by atoms with Gasteiger partial charge in [0.2, 0.25) is 10.5 Å². The second-order valence-corrected chi connectivity index (χ2v) is 6.21. The smallest absolute Gasteiger partial charge is 0.306 e. The molecule has 0 spiro atoms. The molecule has 2 aliphatic heterocycles. The maximum atomic E-state index is 11.6. The SMILES string of the molecule is O=C(Cl)CCC(=O)O[C@@H]1CO[C@H]2[C@@H]1OC[C@H]2OC(=O)CCC(=O)Cl. The molecular formula is C14H16Cl2O8. The Bertz CT molecular complexity index is 477. The van der Waals surface area contributed by atoms with Crippen LogP contribution in [0.4, 0.5) is 0 Å². The van der Waals surface area contributed by atoms with Crippen LogP contribution in [0, 0.1) is 0 Å². The molecule has 0 aromatic rings. The van der Waals surface area contributed by atoms with Gasteiger partial charge in [0, 0.05) is 12.8 Å². The molecule has 2 saturated heterocycles. The first kappa shape index (κ1) is 19.1. The summed E-state index contributed by atoms with van der Waals surface area (Å²) >= 11 is 10.3. The van der Waals surface area contributed by atoms with Gasteiger partial charge >= 0.3 is 11.9 Å². The standard InChI is InChI=1S/C14H16Cl2O8/c15-9(17)1-3-11(19)23-7-5-21-14-8(6-22-13(7)14)24-12(20)4-2-10(16)18/h7-8,13-14H,1-6H2/t7-,8-,13-,14-/m1/s1. The molecule has 0 bridgehead atoms. The molecular weight excluding hydrogens is 367 g/mol. The molecule has 4 atom stereocenters. The van der Waals surface area contributed by atoms with Crippen molar-refractivity contribution in [3.05, 3.63) is 0 Å². The first-order chi connectivity index (χ1) is 11.4. The summed E-state index contributed by atoms with van der Waals surface area (Å²) < 4.78 is 21.4. The van der Waals surface area contributed by atoms with Crippen molar-refractivity contribution in [2.45, 2.75) is 50.1 Å². The molecule has 0 radical (unpaired) electrons. The highest BCUT2D eigenvalue weighted by molar-refractivity contribution is 6.63. The highest BCUT2D eigenvalue weighted by Gasteiger charge is 2.51. The van der Waals surface area contributed by atoms with Crippen molar-refractivity contribution in [1.82, 2.24) is 0 Å². The highest BCUT2D eigenvalue weighted by Crippen LogP contribution is 2.31. The predicted molar refractivity (Wildman–Crippen MR) is 79.4 cm³/mol. The minimum atomic E-state index is -0.638. The number of carbonyl (C=O) groups excluding carboxylic acids is 4. The summed E-state index contributed by atoms with van der Waals surface area (Å²) in [6.07, 6.45) is -2.84. The van der Waals surface area contributed by atoms with E-state index in [-0.39, 0.29) is 38.9 Å². The van der Waals surface area contributed by atoms with Crippen molar-refractivity contribution in [3.8, 4) is 0 Å². The lowest BCUT2D eigenvalue weighted by molar-refractivity contribution is -0.156. The van der Waals surface area contributed by atoms with Gasteiger partial charge in [-0.05, 0) is 23.2 Å². The molecule has 8 nitrogen and oxygen atoms in total. The van der Waals surface area contributed by atoms with E-state index in [1.54, 1.807) is 0 Å². The van der Waals surface area contributed by atoms with Crippen molar-refractivity contribution in [1.29, 1.82) is 0 Å². The van der Waals surface area contributed by atoms with Gasteiger partial charge in [-0.3, -0.25) is 19.2 Å². The summed E-state index contributed by atoms with van der Waals surface area (Å²) in [5.74, 6) is -1.16. The van der Waals surface area contributed by atoms with Gasteiger partial charge in [0.05, 0.1) is 26.1 Å². The Morgan fingerprint density at radius 2 is 1.12 bits per heavy atom. The van der Waals surface area contributed by atoms with E-state index in [0.29, 0.717) is 0 Å². The van der Waals surface area contributed by atoms with Gasteiger partial charge in [-0.1, -0.05) is 0 Å². The van der Waals surface area contributed by atoms with E-state index in [1.807, 2.05) is 0 Å². The van der Waals surface area contributed by atoms with Crippen molar-refractivity contribution < 1.29 is 38.1 Å². The van der Waals surface area contributed by atoms with Crippen LogP contribution < -0.4 is 0 Å². The van der Waals surface area contributed by atoms with E-state index in [9.17, 15) is 19.2 Å². The molecule has 0 unspecified atom stereocenters. The number of esters is 2. The van der Waals surface area contributed by atoms with Gasteiger partial charge < -0.3 is 18.9 Å². The molecule has 0 saturated carbocycles. The minimum Gasteiger partial charge on any atom is -0.457 e. The number of hydrogen-bond donors (Lipinski definition) is 0. The van der Waals surface area contributed by atoms with E-state index in [1.165, 1.54) is 0 Å². The average molecular weight is 383 g/mol. The molecule has 0 amide bonds. The highest BCUT2D eigenvalue weighted by atomic mass is 35.5. The maximum absolute atomic E-state index is 11.6. The topological polar surface area (TPSA) is 105 Å². The van der Waals surface area contributed by atoms with E-state index < -0.39 is 46.8 Å². The van der Waals surface area contributed by atoms with Crippen LogP contribution in [0.15, 0.2) is 0 Å². The fourth-order valence-corrected chi connectivity index (χ4v) is 2.68. The Morgan fingerprint density at radius 1 is 0.750 bits per heavy atom. The van der Waals surface area contributed by atoms with Crippen LogP contribution in [0.1, 0.15) is 25.7 Å². The molecule has 0 aliphatic carbocycles. The molecule has 2 fully saturated rings. The van der Waals surface area contributed by atoms with Crippen LogP contribution >= 0.6 is 23.2 Å². The molecule has 10 heteroatoms. The number of hydrogen-bond acceptors (Lipinski definition) is 8. The zero-order valence-electron chi connectivity index (χ0n) is 12.6. The fourth-order valence-electron chi connectivity index (χ4n) is 2.49. The molecule has 0 N–H and O–H groups in total. The Hall–Kier alpha value is -1.22. The predicted octanol–water partition coefficient (Wildman–Crippen LogP) is 0.699. The van der Waals surface area contributed by atoms with Gasteiger partial charge in [0.15, 0.2) is 12.2 Å². The lowest BCUT2D eigenvalue weighted by Gasteiger charge is -2.17. The summed E-state index contributed by atoms with van der Waals surface area (Å²) in [5.41, 5.74) is 0. The first-order valence-electron chi connectivity index (χ1n) is 7.35. The van der Waals surface area contributed by atoms with Crippen LogP contribution in [0.5, 0.6) is 0 Å². The Morgan fingerprint density at radius 3 is 1.46 bits per heavy atom. The van der Waals surface area contributed by atoms with Gasteiger partial charge in [-0.15, -0.1) is 0 Å². The van der Waals surface area contributed by atoms with Gasteiger partial charge in [-0.2, -0.15) is 0 Å². The zero-order valence-corrected chi connectivity index (χ0v) is 14.1. The Labute approximate surface area is 147 Å². The summed E-state index contributed by atoms with van der Waals surface area (Å²) in [7, 11) is 0. The number of ether oxygens (including phenoxy) is 4. The molecule has 24 heavy (non-hydrogen) atoms. The van der Waals surface area contributed by atoms with Gasteiger partial charge in [-0.25, -0.2) is 0 Å².